The molecule has 3 rings (SSSR count). The van der Waals surface area contributed by atoms with E-state index < -0.39 is 53.5 Å². The van der Waals surface area contributed by atoms with E-state index in [0.29, 0.717) is 5.75 Å². The van der Waals surface area contributed by atoms with Crippen LogP contribution in [0.4, 0.5) is 0 Å². The molecule has 0 spiro atoms. The zero-order valence-corrected chi connectivity index (χ0v) is 30.1. The first-order chi connectivity index (χ1) is 22.9. The summed E-state index contributed by atoms with van der Waals surface area (Å²) < 4.78 is 11.8. The second-order valence-electron chi connectivity index (χ2n) is 15.0. The molecule has 1 heterocycles. The van der Waals surface area contributed by atoms with E-state index in [0.717, 1.165) is 11.1 Å². The molecule has 4 amide bonds. The predicted octanol–water partition coefficient (Wildman–Crippen LogP) is 2.11. The smallest absolute Gasteiger partial charge is 0.248 e. The molecule has 0 radical (unpaired) electrons. The van der Waals surface area contributed by atoms with Gasteiger partial charge in [-0.2, -0.15) is 0 Å². The van der Waals surface area contributed by atoms with Crippen molar-refractivity contribution >= 4 is 23.6 Å². The summed E-state index contributed by atoms with van der Waals surface area (Å²) in [6.07, 6.45) is 0.361. The number of aliphatic hydroxyl groups excluding tert-OH is 1. The van der Waals surface area contributed by atoms with E-state index in [4.69, 9.17) is 15.2 Å². The summed E-state index contributed by atoms with van der Waals surface area (Å²) in [4.78, 5) is 56.0. The number of nitrogens with zero attached hydrogens (tertiary/aromatic N) is 1. The van der Waals surface area contributed by atoms with Crippen molar-refractivity contribution in [2.24, 2.45) is 11.7 Å². The molecule has 270 valence electrons. The Bertz CT molecular complexity index is 1400. The van der Waals surface area contributed by atoms with E-state index in [2.05, 4.69) is 16.0 Å². The lowest BCUT2D eigenvalue weighted by molar-refractivity contribution is -0.152. The molecule has 49 heavy (non-hydrogen) atoms. The van der Waals surface area contributed by atoms with Gasteiger partial charge in [0.05, 0.1) is 30.9 Å². The van der Waals surface area contributed by atoms with Crippen molar-refractivity contribution in [3.63, 3.8) is 0 Å². The third-order valence-electron chi connectivity index (χ3n) is 7.86. The largest absolute Gasteiger partial charge is 0.488 e. The number of nitrogens with two attached hydrogens (primary N) is 1. The Morgan fingerprint density at radius 2 is 1.49 bits per heavy atom. The van der Waals surface area contributed by atoms with E-state index in [1.807, 2.05) is 110 Å². The second kappa shape index (κ2) is 17.1. The fourth-order valence-corrected chi connectivity index (χ4v) is 5.53. The van der Waals surface area contributed by atoms with E-state index in [-0.39, 0.29) is 50.0 Å². The summed E-state index contributed by atoms with van der Waals surface area (Å²) in [5.41, 5.74) is 6.96. The van der Waals surface area contributed by atoms with Crippen molar-refractivity contribution in [2.75, 3.05) is 19.8 Å². The van der Waals surface area contributed by atoms with E-state index in [1.54, 1.807) is 0 Å². The third kappa shape index (κ3) is 12.4. The maximum Gasteiger partial charge on any atom is 0.248 e. The Kier molecular flexibility index (Phi) is 13.8. The average Bonchev–Trinajstić information content (AvgIpc) is 3.01. The molecule has 5 atom stereocenters. The van der Waals surface area contributed by atoms with Gasteiger partial charge < -0.3 is 41.2 Å². The van der Waals surface area contributed by atoms with Crippen molar-refractivity contribution in [3.8, 4) is 5.75 Å². The van der Waals surface area contributed by atoms with E-state index in [9.17, 15) is 24.3 Å². The molecule has 6 N–H and O–H groups in total. The molecular weight excluding hydrogens is 626 g/mol. The number of hydrogen-bond acceptors (Lipinski definition) is 8. The molecule has 0 saturated carbocycles. The van der Waals surface area contributed by atoms with Gasteiger partial charge in [0.1, 0.15) is 29.5 Å². The zero-order valence-electron chi connectivity index (χ0n) is 30.1. The number of carbonyl (C=O) groups is 4. The van der Waals surface area contributed by atoms with Crippen LogP contribution in [-0.2, 0) is 36.8 Å². The van der Waals surface area contributed by atoms with Crippen LogP contribution in [0.15, 0.2) is 54.6 Å². The Balaban J connectivity index is 1.84. The second-order valence-corrected chi connectivity index (χ2v) is 15.0. The average molecular weight is 682 g/mol. The van der Waals surface area contributed by atoms with Gasteiger partial charge in [0, 0.05) is 13.0 Å². The van der Waals surface area contributed by atoms with Crippen molar-refractivity contribution in [3.05, 3.63) is 65.7 Å². The Hall–Kier alpha value is -4.00. The number of rotatable bonds is 14. The van der Waals surface area contributed by atoms with Crippen LogP contribution in [0.5, 0.6) is 5.75 Å². The van der Waals surface area contributed by atoms with Crippen LogP contribution in [0.1, 0.15) is 66.5 Å². The molecule has 0 unspecified atom stereocenters. The number of nitrogens with one attached hydrogen (secondary N) is 3. The number of ether oxygens (including phenoxy) is 2. The first-order valence-electron chi connectivity index (χ1n) is 16.9. The van der Waals surface area contributed by atoms with Crippen molar-refractivity contribution in [1.82, 2.24) is 20.9 Å². The summed E-state index contributed by atoms with van der Waals surface area (Å²) in [6.45, 7) is 14.5. The van der Waals surface area contributed by atoms with Crippen molar-refractivity contribution < 1.29 is 33.8 Å². The highest BCUT2D eigenvalue weighted by Gasteiger charge is 2.42. The fraction of sp³-hybridized carbons (Fsp3) is 0.568. The molecular formula is C37H55N5O7. The lowest BCUT2D eigenvalue weighted by Crippen LogP contribution is -2.67. The zero-order chi connectivity index (χ0) is 36.5. The van der Waals surface area contributed by atoms with Gasteiger partial charge in [0.2, 0.25) is 23.6 Å². The standard InChI is InChI=1S/C37H55N5O7/c1-23(2)31-34(46)39-26(21-43)20-42(31)35(47)30(22-48-36(3,4)5)41-33(45)29(19-24-12-10-9-11-13-24)40-32(44)28(38)18-25-14-16-27(17-15-25)49-37(6,7)8/h9-17,23,26,28-31,43H,18-22,38H2,1-8H3,(H,39,46)(H,40,44)(H,41,45)/t26-,28-,29-,30-,31-/m0/s1. The highest BCUT2D eigenvalue weighted by molar-refractivity contribution is 5.95. The number of carbonyl (C=O) groups excluding carboxylic acids is 4. The van der Waals surface area contributed by atoms with E-state index in [1.165, 1.54) is 4.90 Å². The van der Waals surface area contributed by atoms with E-state index >= 15 is 0 Å². The number of amides is 4. The molecule has 1 saturated heterocycles. The lowest BCUT2D eigenvalue weighted by Gasteiger charge is -2.42. The first kappa shape index (κ1) is 39.4. The molecule has 1 fully saturated rings. The first-order valence-corrected chi connectivity index (χ1v) is 16.9. The van der Waals surface area contributed by atoms with Crippen LogP contribution in [0, 0.1) is 5.92 Å². The molecule has 0 aliphatic carbocycles. The van der Waals surface area contributed by atoms with Gasteiger partial charge in [-0.15, -0.1) is 0 Å². The maximum atomic E-state index is 14.1. The van der Waals surface area contributed by atoms with Crippen LogP contribution in [0.2, 0.25) is 0 Å². The van der Waals surface area contributed by atoms with Gasteiger partial charge in [0.15, 0.2) is 0 Å². The normalized spacial score (nSPS) is 18.7. The topological polar surface area (TPSA) is 172 Å². The van der Waals surface area contributed by atoms with Crippen molar-refractivity contribution in [2.45, 2.75) is 110 Å². The molecule has 1 aliphatic rings. The molecule has 1 aliphatic heterocycles. The minimum Gasteiger partial charge on any atom is -0.488 e. The maximum absolute atomic E-state index is 14.1. The molecule has 0 aromatic heterocycles. The fourth-order valence-electron chi connectivity index (χ4n) is 5.53. The van der Waals surface area contributed by atoms with Crippen LogP contribution in [0.3, 0.4) is 0 Å². The molecule has 12 nitrogen and oxygen atoms in total. The number of piperazine rings is 1. The predicted molar refractivity (Wildman–Crippen MR) is 188 cm³/mol. The van der Waals surface area contributed by atoms with Crippen molar-refractivity contribution in [1.29, 1.82) is 0 Å². The number of benzene rings is 2. The van der Waals surface area contributed by atoms with Gasteiger partial charge in [-0.3, -0.25) is 19.2 Å². The highest BCUT2D eigenvalue weighted by atomic mass is 16.5. The lowest BCUT2D eigenvalue weighted by atomic mass is 9.96. The van der Waals surface area contributed by atoms with Gasteiger partial charge in [0.25, 0.3) is 0 Å². The van der Waals surface area contributed by atoms with Gasteiger partial charge in [-0.05, 0) is 77.1 Å². The van der Waals surface area contributed by atoms with Crippen LogP contribution in [-0.4, -0.2) is 94.8 Å². The third-order valence-corrected chi connectivity index (χ3v) is 7.86. The van der Waals surface area contributed by atoms with Gasteiger partial charge in [-0.1, -0.05) is 56.3 Å². The quantitative estimate of drug-likeness (QED) is 0.202. The summed E-state index contributed by atoms with van der Waals surface area (Å²) in [5.74, 6) is -1.58. The molecule has 0 bridgehead atoms. The Morgan fingerprint density at radius 3 is 2.04 bits per heavy atom. The summed E-state index contributed by atoms with van der Waals surface area (Å²) in [6, 6.07) is 11.9. The highest BCUT2D eigenvalue weighted by Crippen LogP contribution is 2.20. The minimum atomic E-state index is -1.18. The van der Waals surface area contributed by atoms with Crippen LogP contribution < -0.4 is 26.4 Å². The summed E-state index contributed by atoms with van der Waals surface area (Å²) in [7, 11) is 0. The van der Waals surface area contributed by atoms with Gasteiger partial charge >= 0.3 is 0 Å². The van der Waals surface area contributed by atoms with Gasteiger partial charge in [-0.25, -0.2) is 0 Å². The Labute approximate surface area is 290 Å². The Morgan fingerprint density at radius 1 is 0.898 bits per heavy atom. The molecule has 12 heteroatoms. The van der Waals surface area contributed by atoms with Crippen LogP contribution >= 0.6 is 0 Å². The number of hydrogen-bond donors (Lipinski definition) is 5. The summed E-state index contributed by atoms with van der Waals surface area (Å²) >= 11 is 0. The monoisotopic (exact) mass is 681 g/mol. The van der Waals surface area contributed by atoms with Crippen LogP contribution in [0.25, 0.3) is 0 Å². The molecule has 2 aromatic carbocycles. The number of aliphatic hydroxyl groups is 1. The minimum absolute atomic E-state index is 0.0636. The SMILES string of the molecule is CC(C)[C@H]1C(=O)N[C@H](CO)CN1C(=O)[C@H](COC(C)(C)C)NC(=O)[C@H](Cc1ccccc1)NC(=O)[C@@H](N)Cc1ccc(OC(C)(C)C)cc1. The summed E-state index contributed by atoms with van der Waals surface area (Å²) in [5, 5.41) is 18.2. The molecule has 2 aromatic rings.